The van der Waals surface area contributed by atoms with E-state index in [4.69, 9.17) is 28.4 Å². The van der Waals surface area contributed by atoms with Gasteiger partial charge in [0.25, 0.3) is 0 Å². The molecule has 54 heavy (non-hydrogen) atoms. The van der Waals surface area contributed by atoms with Crippen molar-refractivity contribution in [2.24, 2.45) is 0 Å². The zero-order valence-corrected chi connectivity index (χ0v) is 33.6. The summed E-state index contributed by atoms with van der Waals surface area (Å²) in [6, 6.07) is 72.6. The van der Waals surface area contributed by atoms with Crippen LogP contribution in [0.5, 0.6) is 11.5 Å². The Morgan fingerprint density at radius 3 is 0.889 bits per heavy atom. The molecule has 0 aromatic heterocycles. The molecule has 0 amide bonds. The van der Waals surface area contributed by atoms with Crippen molar-refractivity contribution in [3.05, 3.63) is 218 Å². The van der Waals surface area contributed by atoms with Crippen LogP contribution in [0, 0.1) is 0 Å². The summed E-state index contributed by atoms with van der Waals surface area (Å²) in [5.41, 5.74) is 0. The summed E-state index contributed by atoms with van der Waals surface area (Å²) in [7, 11) is -2.15. The SMILES string of the molecule is S=P(c1ccccc1)(c1ccccc1)c1cccc2c1Oc1c(P(=S)(c3ccccc3)c3ccccc3)cccc1S2(c1ccccc1)c1ccccc1. The summed E-state index contributed by atoms with van der Waals surface area (Å²) >= 11 is 14.2. The topological polar surface area (TPSA) is 9.23 Å². The molecule has 1 nitrogen and oxygen atoms in total. The van der Waals surface area contributed by atoms with Gasteiger partial charge in [-0.25, -0.2) is 0 Å². The van der Waals surface area contributed by atoms with Gasteiger partial charge in [0.2, 0.25) is 0 Å². The highest BCUT2D eigenvalue weighted by Crippen LogP contribution is 2.79. The minimum atomic E-state index is -2.66. The molecule has 0 unspecified atom stereocenters. The lowest BCUT2D eigenvalue weighted by Crippen LogP contribution is -2.30. The molecular weight excluding hydrogens is 751 g/mol. The first kappa shape index (κ1) is 34.9. The van der Waals surface area contributed by atoms with Gasteiger partial charge in [-0.2, -0.15) is 0 Å². The van der Waals surface area contributed by atoms with E-state index in [2.05, 4.69) is 218 Å². The fourth-order valence-corrected chi connectivity index (χ4v) is 19.8. The molecule has 0 bridgehead atoms. The highest BCUT2D eigenvalue weighted by atomic mass is 32.4. The monoisotopic (exact) mass is 786 g/mol. The van der Waals surface area contributed by atoms with Crippen molar-refractivity contribution in [1.29, 1.82) is 0 Å². The quantitative estimate of drug-likeness (QED) is 0.142. The number of fused-ring (bicyclic) bond motifs is 2. The number of hydrogen-bond donors (Lipinski definition) is 0. The Morgan fingerprint density at radius 2 is 0.593 bits per heavy atom. The molecule has 0 saturated heterocycles. The Kier molecular flexibility index (Phi) is 9.36. The number of ether oxygens (including phenoxy) is 1. The predicted octanol–water partition coefficient (Wildman–Crippen LogP) is 10.6. The van der Waals surface area contributed by atoms with Crippen LogP contribution in [-0.4, -0.2) is 0 Å². The fourth-order valence-electron chi connectivity index (χ4n) is 7.71. The van der Waals surface area contributed by atoms with E-state index in [1.807, 2.05) is 0 Å². The van der Waals surface area contributed by atoms with E-state index in [1.165, 1.54) is 9.79 Å². The normalized spacial score (nSPS) is 13.9. The van der Waals surface area contributed by atoms with Crippen molar-refractivity contribution in [1.82, 2.24) is 0 Å². The maximum absolute atomic E-state index is 7.66. The summed E-state index contributed by atoms with van der Waals surface area (Å²) in [5, 5.41) is 6.59. The van der Waals surface area contributed by atoms with E-state index in [9.17, 15) is 0 Å². The minimum absolute atomic E-state index is 0.846. The molecule has 0 radical (unpaired) electrons. The van der Waals surface area contributed by atoms with Crippen LogP contribution in [0.2, 0.25) is 0 Å². The highest BCUT2D eigenvalue weighted by Gasteiger charge is 2.46. The third-order valence-corrected chi connectivity index (χ3v) is 23.9. The molecule has 8 aromatic rings. The maximum Gasteiger partial charge on any atom is 0.149 e. The molecule has 1 heterocycles. The fraction of sp³-hybridized carbons (Fsp3) is 0. The van der Waals surface area contributed by atoms with E-state index in [0.717, 1.165) is 53.1 Å². The average Bonchev–Trinajstić information content (AvgIpc) is 3.26. The molecule has 6 heteroatoms. The van der Waals surface area contributed by atoms with Gasteiger partial charge in [0.15, 0.2) is 0 Å². The molecule has 262 valence electrons. The van der Waals surface area contributed by atoms with Gasteiger partial charge in [-0.15, -0.1) is 10.0 Å². The van der Waals surface area contributed by atoms with Gasteiger partial charge in [-0.3, -0.25) is 0 Å². The first-order valence-electron chi connectivity index (χ1n) is 17.9. The molecule has 0 N–H and O–H groups in total. The molecule has 0 fully saturated rings. The van der Waals surface area contributed by atoms with Gasteiger partial charge < -0.3 is 4.74 Å². The van der Waals surface area contributed by atoms with E-state index < -0.39 is 22.1 Å². The molecule has 0 aliphatic carbocycles. The van der Waals surface area contributed by atoms with Crippen LogP contribution in [0.25, 0.3) is 0 Å². The average molecular weight is 787 g/mol. The zero-order valence-electron chi connectivity index (χ0n) is 29.3. The Bertz CT molecular complexity index is 2400. The second-order valence-electron chi connectivity index (χ2n) is 13.1. The van der Waals surface area contributed by atoms with Crippen LogP contribution >= 0.6 is 22.1 Å². The van der Waals surface area contributed by atoms with E-state index in [0.29, 0.717) is 0 Å². The van der Waals surface area contributed by atoms with Gasteiger partial charge >= 0.3 is 0 Å². The Balaban J connectivity index is 1.45. The maximum atomic E-state index is 7.66. The van der Waals surface area contributed by atoms with Crippen LogP contribution in [-0.2, 0) is 23.6 Å². The first-order chi connectivity index (χ1) is 26.6. The summed E-state index contributed by atoms with van der Waals surface area (Å²) < 4.78 is 7.66. The largest absolute Gasteiger partial charge is 0.454 e. The lowest BCUT2D eigenvalue weighted by atomic mass is 10.3. The summed E-state index contributed by atoms with van der Waals surface area (Å²) in [6.45, 7) is 0. The van der Waals surface area contributed by atoms with Gasteiger partial charge in [0.1, 0.15) is 11.5 Å². The molecule has 1 aliphatic heterocycles. The van der Waals surface area contributed by atoms with Crippen molar-refractivity contribution in [3.63, 3.8) is 0 Å². The van der Waals surface area contributed by atoms with Gasteiger partial charge in [-0.1, -0.05) is 193 Å². The standard InChI is InChI=1S/C48H36OP2S3/c52-50(37-21-7-1-8-22-37,38-23-9-2-10-24-38)43-33-19-35-45-47(43)49-48-44(51(53,39-25-11-3-12-26-39)40-27-13-4-14-28-40)34-20-36-46(48)54(45,41-29-15-5-16-30-41)42-31-17-6-18-32-42/h1-36H. The second kappa shape index (κ2) is 14.5. The zero-order chi connectivity index (χ0) is 36.6. The molecule has 8 aromatic carbocycles. The molecule has 0 atom stereocenters. The van der Waals surface area contributed by atoms with Crippen molar-refractivity contribution >= 4 is 77.5 Å². The molecule has 0 saturated carbocycles. The highest BCUT2D eigenvalue weighted by molar-refractivity contribution is 8.34. The van der Waals surface area contributed by atoms with Crippen LogP contribution in [0.3, 0.4) is 0 Å². The van der Waals surface area contributed by atoms with Crippen molar-refractivity contribution in [2.75, 3.05) is 0 Å². The first-order valence-corrected chi connectivity index (χ1v) is 25.1. The second-order valence-corrected chi connectivity index (χ2v) is 24.9. The molecular formula is C48H36OP2S3. The molecule has 9 rings (SSSR count). The van der Waals surface area contributed by atoms with Crippen molar-refractivity contribution in [2.45, 2.75) is 19.6 Å². The third-order valence-electron chi connectivity index (χ3n) is 10.1. The van der Waals surface area contributed by atoms with E-state index in [-0.39, 0.29) is 0 Å². The van der Waals surface area contributed by atoms with Crippen LogP contribution in [0.4, 0.5) is 0 Å². The molecule has 0 spiro atoms. The third kappa shape index (κ3) is 5.51. The van der Waals surface area contributed by atoms with Crippen molar-refractivity contribution < 1.29 is 4.74 Å². The number of benzene rings is 8. The lowest BCUT2D eigenvalue weighted by molar-refractivity contribution is 0.460. The summed E-state index contributed by atoms with van der Waals surface area (Å²) in [6.07, 6.45) is 0. The van der Waals surface area contributed by atoms with Crippen LogP contribution < -0.4 is 36.6 Å². The van der Waals surface area contributed by atoms with Gasteiger partial charge in [-0.05, 0) is 69.7 Å². The lowest BCUT2D eigenvalue weighted by Gasteiger charge is -2.47. The summed E-state index contributed by atoms with van der Waals surface area (Å²) in [4.78, 5) is 4.76. The Labute approximate surface area is 329 Å². The summed E-state index contributed by atoms with van der Waals surface area (Å²) in [5.74, 6) is 1.69. The molecule has 1 aliphatic rings. The Hall–Kier alpha value is -4.79. The predicted molar refractivity (Wildman–Crippen MR) is 239 cm³/mol. The van der Waals surface area contributed by atoms with Crippen LogP contribution in [0.15, 0.2) is 238 Å². The Morgan fingerprint density at radius 1 is 0.315 bits per heavy atom. The van der Waals surface area contributed by atoms with Crippen LogP contribution in [0.1, 0.15) is 0 Å². The van der Waals surface area contributed by atoms with Gasteiger partial charge in [0.05, 0.1) is 0 Å². The number of para-hydroxylation sites is 2. The van der Waals surface area contributed by atoms with Gasteiger partial charge in [0, 0.05) is 42.3 Å². The minimum Gasteiger partial charge on any atom is -0.454 e. The number of rotatable bonds is 8. The number of hydrogen-bond acceptors (Lipinski definition) is 3. The van der Waals surface area contributed by atoms with Crippen molar-refractivity contribution in [3.8, 4) is 11.5 Å². The smallest absolute Gasteiger partial charge is 0.149 e. The van der Waals surface area contributed by atoms with E-state index >= 15 is 0 Å². The van der Waals surface area contributed by atoms with E-state index in [1.54, 1.807) is 0 Å².